The molecular formula is C12H16BrNOS. The van der Waals surface area contributed by atoms with Crippen LogP contribution in [0.1, 0.15) is 35.4 Å². The number of hydrogen-bond donors (Lipinski definition) is 0. The Kier molecular flexibility index (Phi) is 4.41. The van der Waals surface area contributed by atoms with Gasteiger partial charge in [0.05, 0.1) is 4.88 Å². The number of carbonyl (C=O) groups excluding carboxylic acids is 1. The zero-order valence-corrected chi connectivity index (χ0v) is 11.6. The first-order valence-corrected chi connectivity index (χ1v) is 7.73. The molecule has 0 aliphatic heterocycles. The molecule has 88 valence electrons. The van der Waals surface area contributed by atoms with Crippen LogP contribution in [-0.2, 0) is 0 Å². The van der Waals surface area contributed by atoms with Crippen molar-refractivity contribution in [1.82, 2.24) is 4.90 Å². The lowest BCUT2D eigenvalue weighted by molar-refractivity contribution is 0.0701. The van der Waals surface area contributed by atoms with Crippen LogP contribution in [0.25, 0.3) is 0 Å². The summed E-state index contributed by atoms with van der Waals surface area (Å²) in [4.78, 5) is 15.2. The van der Waals surface area contributed by atoms with E-state index in [9.17, 15) is 4.79 Å². The lowest BCUT2D eigenvalue weighted by atomic mass is 10.2. The maximum atomic E-state index is 12.3. The minimum atomic E-state index is 0.210. The summed E-state index contributed by atoms with van der Waals surface area (Å²) in [5, 5.41) is 2.83. The number of rotatable bonds is 4. The normalized spacial score (nSPS) is 16.6. The van der Waals surface area contributed by atoms with Crippen LogP contribution in [0.15, 0.2) is 17.5 Å². The molecule has 1 aliphatic carbocycles. The van der Waals surface area contributed by atoms with E-state index < -0.39 is 0 Å². The highest BCUT2D eigenvalue weighted by Crippen LogP contribution is 2.25. The largest absolute Gasteiger partial charge is 0.334 e. The fraction of sp³-hybridized carbons (Fsp3) is 0.583. The Balaban J connectivity index is 2.09. The van der Waals surface area contributed by atoms with Gasteiger partial charge in [0, 0.05) is 17.9 Å². The standard InChI is InChI=1S/C12H16BrNOS/c13-7-8-14(10-4-1-2-5-10)12(15)11-6-3-9-16-11/h3,6,9-10H,1-2,4-5,7-8H2. The second-order valence-electron chi connectivity index (χ2n) is 4.10. The first-order chi connectivity index (χ1) is 7.83. The first-order valence-electron chi connectivity index (χ1n) is 5.73. The molecule has 0 spiro atoms. The van der Waals surface area contributed by atoms with Crippen LogP contribution in [0.4, 0.5) is 0 Å². The summed E-state index contributed by atoms with van der Waals surface area (Å²) >= 11 is 4.98. The van der Waals surface area contributed by atoms with E-state index in [-0.39, 0.29) is 5.91 Å². The van der Waals surface area contributed by atoms with Crippen LogP contribution in [0.3, 0.4) is 0 Å². The van der Waals surface area contributed by atoms with Crippen molar-refractivity contribution in [2.75, 3.05) is 11.9 Å². The Morgan fingerprint density at radius 3 is 2.81 bits per heavy atom. The molecule has 0 bridgehead atoms. The molecule has 4 heteroatoms. The molecule has 0 aromatic carbocycles. The molecule has 0 unspecified atom stereocenters. The van der Waals surface area contributed by atoms with Crippen molar-refractivity contribution in [1.29, 1.82) is 0 Å². The first kappa shape index (κ1) is 12.1. The third kappa shape index (κ3) is 2.66. The summed E-state index contributed by atoms with van der Waals surface area (Å²) in [6.45, 7) is 0.821. The van der Waals surface area contributed by atoms with Gasteiger partial charge in [-0.1, -0.05) is 34.8 Å². The highest BCUT2D eigenvalue weighted by molar-refractivity contribution is 9.09. The molecular weight excluding hydrogens is 286 g/mol. The molecule has 1 fully saturated rings. The van der Waals surface area contributed by atoms with Gasteiger partial charge in [-0.2, -0.15) is 0 Å². The van der Waals surface area contributed by atoms with Crippen LogP contribution in [0.2, 0.25) is 0 Å². The van der Waals surface area contributed by atoms with Crippen molar-refractivity contribution in [2.45, 2.75) is 31.7 Å². The number of nitrogens with zero attached hydrogens (tertiary/aromatic N) is 1. The van der Waals surface area contributed by atoms with Crippen molar-refractivity contribution in [3.63, 3.8) is 0 Å². The highest BCUT2D eigenvalue weighted by atomic mass is 79.9. The summed E-state index contributed by atoms with van der Waals surface area (Å²) < 4.78 is 0. The van der Waals surface area contributed by atoms with E-state index >= 15 is 0 Å². The minimum Gasteiger partial charge on any atom is -0.334 e. The summed E-state index contributed by atoms with van der Waals surface area (Å²) in [7, 11) is 0. The third-order valence-corrected chi connectivity index (χ3v) is 4.30. The topological polar surface area (TPSA) is 20.3 Å². The Hall–Kier alpha value is -0.350. The van der Waals surface area contributed by atoms with E-state index in [2.05, 4.69) is 15.9 Å². The van der Waals surface area contributed by atoms with Crippen LogP contribution in [-0.4, -0.2) is 28.7 Å². The van der Waals surface area contributed by atoms with Gasteiger partial charge in [-0.25, -0.2) is 0 Å². The van der Waals surface area contributed by atoms with Gasteiger partial charge in [0.25, 0.3) is 5.91 Å². The smallest absolute Gasteiger partial charge is 0.264 e. The van der Waals surface area contributed by atoms with E-state index in [0.717, 1.165) is 16.8 Å². The molecule has 0 radical (unpaired) electrons. The summed E-state index contributed by atoms with van der Waals surface area (Å²) in [5.74, 6) is 0.210. The van der Waals surface area contributed by atoms with E-state index in [1.54, 1.807) is 0 Å². The number of carbonyl (C=O) groups is 1. The molecule has 1 amide bonds. The van der Waals surface area contributed by atoms with Gasteiger partial charge in [-0.05, 0) is 24.3 Å². The van der Waals surface area contributed by atoms with Gasteiger partial charge in [-0.3, -0.25) is 4.79 Å². The maximum absolute atomic E-state index is 12.3. The molecule has 2 rings (SSSR count). The quantitative estimate of drug-likeness (QED) is 0.779. The number of hydrogen-bond acceptors (Lipinski definition) is 2. The van der Waals surface area contributed by atoms with Crippen LogP contribution in [0.5, 0.6) is 0 Å². The van der Waals surface area contributed by atoms with Gasteiger partial charge >= 0.3 is 0 Å². The van der Waals surface area contributed by atoms with Gasteiger partial charge < -0.3 is 4.90 Å². The lowest BCUT2D eigenvalue weighted by Gasteiger charge is -2.27. The second-order valence-corrected chi connectivity index (χ2v) is 5.84. The van der Waals surface area contributed by atoms with Crippen LogP contribution in [0, 0.1) is 0 Å². The minimum absolute atomic E-state index is 0.210. The predicted octanol–water partition coefficient (Wildman–Crippen LogP) is 3.53. The number of alkyl halides is 1. The average Bonchev–Trinajstić information content (AvgIpc) is 2.96. The van der Waals surface area contributed by atoms with Gasteiger partial charge in [0.15, 0.2) is 0 Å². The van der Waals surface area contributed by atoms with Crippen LogP contribution < -0.4 is 0 Å². The van der Waals surface area contributed by atoms with Gasteiger partial charge in [-0.15, -0.1) is 11.3 Å². The third-order valence-electron chi connectivity index (χ3n) is 3.08. The molecule has 1 aliphatic rings. The lowest BCUT2D eigenvalue weighted by Crippen LogP contribution is -2.39. The second kappa shape index (κ2) is 5.82. The molecule has 1 aromatic heterocycles. The van der Waals surface area contributed by atoms with Gasteiger partial charge in [0.1, 0.15) is 0 Å². The summed E-state index contributed by atoms with van der Waals surface area (Å²) in [6, 6.07) is 4.33. The number of thiophene rings is 1. The van der Waals surface area contributed by atoms with Crippen molar-refractivity contribution in [3.8, 4) is 0 Å². The molecule has 0 N–H and O–H groups in total. The number of halogens is 1. The monoisotopic (exact) mass is 301 g/mol. The Bertz CT molecular complexity index is 333. The fourth-order valence-electron chi connectivity index (χ4n) is 2.30. The van der Waals surface area contributed by atoms with E-state index in [4.69, 9.17) is 0 Å². The van der Waals surface area contributed by atoms with E-state index in [0.29, 0.717) is 6.04 Å². The number of amides is 1. The molecule has 0 saturated heterocycles. The van der Waals surface area contributed by atoms with E-state index in [1.165, 1.54) is 37.0 Å². The summed E-state index contributed by atoms with van der Waals surface area (Å²) in [6.07, 6.45) is 4.87. The molecule has 1 heterocycles. The van der Waals surface area contributed by atoms with Crippen molar-refractivity contribution >= 4 is 33.2 Å². The van der Waals surface area contributed by atoms with Gasteiger partial charge in [0.2, 0.25) is 0 Å². The van der Waals surface area contributed by atoms with Crippen molar-refractivity contribution < 1.29 is 4.79 Å². The van der Waals surface area contributed by atoms with Crippen molar-refractivity contribution in [2.24, 2.45) is 0 Å². The molecule has 1 saturated carbocycles. The Morgan fingerprint density at radius 1 is 1.50 bits per heavy atom. The fourth-order valence-corrected chi connectivity index (χ4v) is 3.36. The maximum Gasteiger partial charge on any atom is 0.264 e. The Labute approximate surface area is 109 Å². The SMILES string of the molecule is O=C(c1cccs1)N(CCBr)C1CCCC1. The zero-order chi connectivity index (χ0) is 11.4. The highest BCUT2D eigenvalue weighted by Gasteiger charge is 2.27. The summed E-state index contributed by atoms with van der Waals surface area (Å²) in [5.41, 5.74) is 0. The molecule has 1 aromatic rings. The molecule has 2 nitrogen and oxygen atoms in total. The zero-order valence-electron chi connectivity index (χ0n) is 9.19. The van der Waals surface area contributed by atoms with Crippen LogP contribution >= 0.6 is 27.3 Å². The molecule has 16 heavy (non-hydrogen) atoms. The van der Waals surface area contributed by atoms with Crippen molar-refractivity contribution in [3.05, 3.63) is 22.4 Å². The molecule has 0 atom stereocenters. The van der Waals surface area contributed by atoms with E-state index in [1.807, 2.05) is 22.4 Å². The average molecular weight is 302 g/mol. The Morgan fingerprint density at radius 2 is 2.25 bits per heavy atom. The predicted molar refractivity (Wildman–Crippen MR) is 71.4 cm³/mol.